The van der Waals surface area contributed by atoms with Crippen molar-refractivity contribution in [2.45, 2.75) is 45.6 Å². The van der Waals surface area contributed by atoms with Crippen molar-refractivity contribution in [1.82, 2.24) is 20.1 Å². The molecular formula is C18H26N4O3. The maximum absolute atomic E-state index is 12.3. The smallest absolute Gasteiger partial charge is 0.273 e. The molecule has 25 heavy (non-hydrogen) atoms. The molecule has 0 aliphatic heterocycles. The number of carbonyl (C=O) groups is 1. The van der Waals surface area contributed by atoms with Crippen molar-refractivity contribution in [1.29, 1.82) is 0 Å². The van der Waals surface area contributed by atoms with Crippen LogP contribution in [-0.2, 0) is 11.8 Å². The van der Waals surface area contributed by atoms with Crippen molar-refractivity contribution in [2.75, 3.05) is 13.2 Å². The second kappa shape index (κ2) is 7.82. The fourth-order valence-electron chi connectivity index (χ4n) is 3.25. The molecule has 2 atom stereocenters. The van der Waals surface area contributed by atoms with E-state index >= 15 is 0 Å². The Kier molecular flexibility index (Phi) is 5.53. The van der Waals surface area contributed by atoms with Gasteiger partial charge in [-0.2, -0.15) is 5.10 Å². The summed E-state index contributed by atoms with van der Waals surface area (Å²) in [5, 5.41) is 6.94. The minimum atomic E-state index is -0.239. The molecular weight excluding hydrogens is 320 g/mol. The molecule has 0 aromatic carbocycles. The van der Waals surface area contributed by atoms with Gasteiger partial charge in [-0.05, 0) is 25.7 Å². The third kappa shape index (κ3) is 4.28. The summed E-state index contributed by atoms with van der Waals surface area (Å²) in [5.41, 5.74) is 1.06. The van der Waals surface area contributed by atoms with Gasteiger partial charge in [-0.1, -0.05) is 19.8 Å². The van der Waals surface area contributed by atoms with Gasteiger partial charge in [0.15, 0.2) is 5.69 Å². The van der Waals surface area contributed by atoms with Crippen molar-refractivity contribution >= 4 is 5.91 Å². The standard InChI is InChI=1S/C18H26N4O3/c1-12-6-4-5-7-15(12)24-9-8-19-17(23)16-13(2)25-18(21-16)14-10-20-22(3)11-14/h10-12,15H,4-9H2,1-3H3,(H,19,23)/t12-,15-/m1/s1. The van der Waals surface area contributed by atoms with Gasteiger partial charge in [0.25, 0.3) is 5.91 Å². The zero-order valence-corrected chi connectivity index (χ0v) is 15.1. The Morgan fingerprint density at radius 2 is 2.24 bits per heavy atom. The first kappa shape index (κ1) is 17.7. The van der Waals surface area contributed by atoms with E-state index in [1.807, 2.05) is 7.05 Å². The van der Waals surface area contributed by atoms with Gasteiger partial charge in [0.2, 0.25) is 5.89 Å². The SMILES string of the molecule is Cc1oc(-c2cnn(C)c2)nc1C(=O)NCCO[C@@H]1CCCC[C@H]1C. The zero-order chi connectivity index (χ0) is 17.8. The first-order chi connectivity index (χ1) is 12.0. The van der Waals surface area contributed by atoms with Crippen molar-refractivity contribution in [3.63, 3.8) is 0 Å². The molecule has 0 spiro atoms. The van der Waals surface area contributed by atoms with E-state index in [9.17, 15) is 4.79 Å². The highest BCUT2D eigenvalue weighted by Crippen LogP contribution is 2.26. The molecule has 0 bridgehead atoms. The molecule has 1 aliphatic rings. The van der Waals surface area contributed by atoms with Gasteiger partial charge in [-0.3, -0.25) is 9.48 Å². The highest BCUT2D eigenvalue weighted by molar-refractivity contribution is 5.93. The second-order valence-corrected chi connectivity index (χ2v) is 6.75. The number of aryl methyl sites for hydroxylation is 2. The van der Waals surface area contributed by atoms with Gasteiger partial charge in [0.05, 0.1) is 24.5 Å². The van der Waals surface area contributed by atoms with Gasteiger partial charge in [-0.15, -0.1) is 0 Å². The summed E-state index contributed by atoms with van der Waals surface area (Å²) in [6.45, 7) is 4.97. The van der Waals surface area contributed by atoms with Crippen LogP contribution in [0, 0.1) is 12.8 Å². The van der Waals surface area contributed by atoms with Crippen LogP contribution in [0.5, 0.6) is 0 Å². The summed E-state index contributed by atoms with van der Waals surface area (Å²) < 4.78 is 13.2. The maximum Gasteiger partial charge on any atom is 0.273 e. The first-order valence-corrected chi connectivity index (χ1v) is 8.91. The van der Waals surface area contributed by atoms with Crippen LogP contribution < -0.4 is 5.32 Å². The molecule has 0 unspecified atom stereocenters. The Morgan fingerprint density at radius 3 is 2.96 bits per heavy atom. The fraction of sp³-hybridized carbons (Fsp3) is 0.611. The lowest BCUT2D eigenvalue weighted by molar-refractivity contribution is -0.00295. The number of oxazole rings is 1. The van der Waals surface area contributed by atoms with Gasteiger partial charge in [0.1, 0.15) is 5.76 Å². The second-order valence-electron chi connectivity index (χ2n) is 6.75. The first-order valence-electron chi connectivity index (χ1n) is 8.91. The normalized spacial score (nSPS) is 20.6. The monoisotopic (exact) mass is 346 g/mol. The highest BCUT2D eigenvalue weighted by Gasteiger charge is 2.22. The summed E-state index contributed by atoms with van der Waals surface area (Å²) >= 11 is 0. The van der Waals surface area contributed by atoms with E-state index in [-0.39, 0.29) is 5.91 Å². The third-order valence-electron chi connectivity index (χ3n) is 4.72. The largest absolute Gasteiger partial charge is 0.440 e. The molecule has 1 amide bonds. The van der Waals surface area contributed by atoms with Crippen LogP contribution in [0.1, 0.15) is 48.9 Å². The van der Waals surface area contributed by atoms with Crippen LogP contribution in [0.25, 0.3) is 11.5 Å². The Labute approximate surface area is 147 Å². The van der Waals surface area contributed by atoms with Crippen LogP contribution in [-0.4, -0.2) is 39.9 Å². The number of carbonyl (C=O) groups excluding carboxylic acids is 1. The Morgan fingerprint density at radius 1 is 1.44 bits per heavy atom. The number of aromatic nitrogens is 3. The van der Waals surface area contributed by atoms with E-state index in [0.29, 0.717) is 42.5 Å². The van der Waals surface area contributed by atoms with Crippen molar-refractivity contribution in [3.8, 4) is 11.5 Å². The Hall–Kier alpha value is -2.15. The molecule has 136 valence electrons. The molecule has 1 N–H and O–H groups in total. The van der Waals surface area contributed by atoms with Gasteiger partial charge in [-0.25, -0.2) is 4.98 Å². The summed E-state index contributed by atoms with van der Waals surface area (Å²) in [6.07, 6.45) is 8.65. The lowest BCUT2D eigenvalue weighted by atomic mass is 9.88. The van der Waals surface area contributed by atoms with E-state index in [1.54, 1.807) is 24.0 Å². The molecule has 1 fully saturated rings. The van der Waals surface area contributed by atoms with E-state index < -0.39 is 0 Å². The number of ether oxygens (including phenoxy) is 1. The van der Waals surface area contributed by atoms with Crippen molar-refractivity contribution < 1.29 is 13.9 Å². The minimum Gasteiger partial charge on any atom is -0.440 e. The molecule has 3 rings (SSSR count). The van der Waals surface area contributed by atoms with Crippen molar-refractivity contribution in [3.05, 3.63) is 23.8 Å². The van der Waals surface area contributed by atoms with E-state index in [2.05, 4.69) is 22.3 Å². The van der Waals surface area contributed by atoms with Crippen LogP contribution in [0.2, 0.25) is 0 Å². The predicted molar refractivity (Wildman–Crippen MR) is 93.1 cm³/mol. The number of nitrogens with one attached hydrogen (secondary N) is 1. The minimum absolute atomic E-state index is 0.239. The third-order valence-corrected chi connectivity index (χ3v) is 4.72. The Balaban J connectivity index is 1.50. The molecule has 1 saturated carbocycles. The van der Waals surface area contributed by atoms with Gasteiger partial charge >= 0.3 is 0 Å². The molecule has 2 heterocycles. The number of amides is 1. The molecule has 7 heteroatoms. The molecule has 2 aromatic rings. The summed E-state index contributed by atoms with van der Waals surface area (Å²) in [7, 11) is 1.82. The topological polar surface area (TPSA) is 82.2 Å². The lowest BCUT2D eigenvalue weighted by Gasteiger charge is -2.28. The highest BCUT2D eigenvalue weighted by atomic mass is 16.5. The number of hydrogen-bond acceptors (Lipinski definition) is 5. The number of rotatable bonds is 6. The molecule has 0 saturated heterocycles. The number of nitrogens with zero attached hydrogens (tertiary/aromatic N) is 3. The summed E-state index contributed by atoms with van der Waals surface area (Å²) in [5.74, 6) is 1.27. The maximum atomic E-state index is 12.3. The van der Waals surface area contributed by atoms with Crippen LogP contribution in [0.15, 0.2) is 16.8 Å². The quantitative estimate of drug-likeness (QED) is 0.813. The summed E-state index contributed by atoms with van der Waals surface area (Å²) in [6, 6.07) is 0. The summed E-state index contributed by atoms with van der Waals surface area (Å²) in [4.78, 5) is 16.6. The zero-order valence-electron chi connectivity index (χ0n) is 15.1. The van der Waals surface area contributed by atoms with E-state index in [0.717, 1.165) is 12.0 Å². The van der Waals surface area contributed by atoms with Crippen LogP contribution in [0.3, 0.4) is 0 Å². The van der Waals surface area contributed by atoms with Crippen LogP contribution in [0.4, 0.5) is 0 Å². The molecule has 2 aromatic heterocycles. The fourth-order valence-corrected chi connectivity index (χ4v) is 3.25. The van der Waals surface area contributed by atoms with Crippen LogP contribution >= 0.6 is 0 Å². The van der Waals surface area contributed by atoms with Gasteiger partial charge < -0.3 is 14.5 Å². The number of hydrogen-bond donors (Lipinski definition) is 1. The lowest BCUT2D eigenvalue weighted by Crippen LogP contribution is -2.32. The van der Waals surface area contributed by atoms with Crippen molar-refractivity contribution in [2.24, 2.45) is 13.0 Å². The predicted octanol–water partition coefficient (Wildman–Crippen LogP) is 2.71. The average Bonchev–Trinajstić information content (AvgIpc) is 3.19. The molecule has 0 radical (unpaired) electrons. The molecule has 1 aliphatic carbocycles. The Bertz CT molecular complexity index is 722. The van der Waals surface area contributed by atoms with E-state index in [4.69, 9.17) is 9.15 Å². The van der Waals surface area contributed by atoms with E-state index in [1.165, 1.54) is 19.3 Å². The average molecular weight is 346 g/mol. The van der Waals surface area contributed by atoms with Gasteiger partial charge in [0, 0.05) is 19.8 Å². The molecule has 7 nitrogen and oxygen atoms in total.